The summed E-state index contributed by atoms with van der Waals surface area (Å²) in [5.41, 5.74) is 0.262. The van der Waals surface area contributed by atoms with E-state index in [-0.39, 0.29) is 5.56 Å². The molecule has 0 fully saturated rings. The smallest absolute Gasteiger partial charge is 0.380 e. The molecule has 0 aliphatic rings. The molecule has 0 N–H and O–H groups in total. The average Bonchev–Trinajstić information content (AvgIpc) is 2.38. The average molecular weight is 273 g/mol. The van der Waals surface area contributed by atoms with Gasteiger partial charge in [0, 0.05) is 26.0 Å². The maximum absolute atomic E-state index is 9.06. The van der Waals surface area contributed by atoms with Crippen LogP contribution >= 0.6 is 6.72 Å². The fourth-order valence-corrected chi connectivity index (χ4v) is 2.07. The fraction of sp³-hybridized carbons (Fsp3) is 0.300. The molecule has 0 heterocycles. The molecule has 0 saturated heterocycles. The Balaban J connectivity index is 3.16. The zero-order valence-corrected chi connectivity index (χ0v) is 11.4. The first kappa shape index (κ1) is 13.9. The molecule has 0 radical (unpaired) electrons. The first-order chi connectivity index (χ1) is 8.10. The molecule has 1 aromatic carbocycles. The van der Waals surface area contributed by atoms with Gasteiger partial charge < -0.3 is 18.3 Å². The largest absolute Gasteiger partial charge is 0.495 e. The molecule has 0 amide bonds. The summed E-state index contributed by atoms with van der Waals surface area (Å²) in [5, 5.41) is 9.06. The van der Waals surface area contributed by atoms with Crippen molar-refractivity contribution in [3.63, 3.8) is 0 Å². The molecule has 0 bridgehead atoms. The predicted molar refractivity (Wildman–Crippen MR) is 66.6 cm³/mol. The summed E-state index contributed by atoms with van der Waals surface area (Å²) in [6.45, 7) is -2.85. The van der Waals surface area contributed by atoms with Crippen LogP contribution in [0.3, 0.4) is 0 Å². The molecule has 1 aromatic rings. The van der Waals surface area contributed by atoms with Crippen LogP contribution in [0.25, 0.3) is 0 Å². The molecule has 0 aliphatic heterocycles. The second-order valence-electron chi connectivity index (χ2n) is 2.85. The number of hydrogen-bond donors (Lipinski definition) is 0. The normalized spacial score (nSPS) is 10.7. The van der Waals surface area contributed by atoms with Gasteiger partial charge in [0.15, 0.2) is 5.75 Å². The Labute approximate surface area is 105 Å². The summed E-state index contributed by atoms with van der Waals surface area (Å²) < 4.78 is 20.5. The molecule has 0 aliphatic carbocycles. The molecule has 0 saturated carbocycles. The summed E-state index contributed by atoms with van der Waals surface area (Å²) in [5.74, 6) is 0.706. The standard InChI is InChI=1S/C10H12NO4PS/c1-12-9-5-4-6-10(8(9)7-11)15-16(17,13-2)14-3/h4-6H,1-3H3. The van der Waals surface area contributed by atoms with Gasteiger partial charge >= 0.3 is 6.72 Å². The van der Waals surface area contributed by atoms with Crippen LogP contribution < -0.4 is 9.26 Å². The number of nitriles is 1. The lowest BCUT2D eigenvalue weighted by Crippen LogP contribution is -1.99. The van der Waals surface area contributed by atoms with Crippen molar-refractivity contribution in [3.05, 3.63) is 23.8 Å². The lowest BCUT2D eigenvalue weighted by atomic mass is 10.2. The van der Waals surface area contributed by atoms with E-state index in [0.29, 0.717) is 11.5 Å². The van der Waals surface area contributed by atoms with Crippen LogP contribution in [0.5, 0.6) is 11.5 Å². The number of nitrogens with zero attached hydrogens (tertiary/aromatic N) is 1. The van der Waals surface area contributed by atoms with Gasteiger partial charge in [-0.2, -0.15) is 5.26 Å². The quantitative estimate of drug-likeness (QED) is 0.768. The third kappa shape index (κ3) is 3.18. The van der Waals surface area contributed by atoms with Gasteiger partial charge in [-0.15, -0.1) is 0 Å². The Morgan fingerprint density at radius 1 is 1.18 bits per heavy atom. The summed E-state index contributed by atoms with van der Waals surface area (Å²) in [6, 6.07) is 6.96. The molecule has 0 unspecified atom stereocenters. The SMILES string of the molecule is COc1cccc(OP(=S)(OC)OC)c1C#N. The van der Waals surface area contributed by atoms with Crippen LogP contribution in [-0.4, -0.2) is 21.3 Å². The van der Waals surface area contributed by atoms with E-state index in [0.717, 1.165) is 0 Å². The second-order valence-corrected chi connectivity index (χ2v) is 6.00. The molecular formula is C10H12NO4PS. The van der Waals surface area contributed by atoms with Gasteiger partial charge in [-0.3, -0.25) is 0 Å². The first-order valence-electron chi connectivity index (χ1n) is 4.58. The van der Waals surface area contributed by atoms with E-state index < -0.39 is 6.72 Å². The number of ether oxygens (including phenoxy) is 1. The highest BCUT2D eigenvalue weighted by Crippen LogP contribution is 2.49. The molecular weight excluding hydrogens is 261 g/mol. The third-order valence-electron chi connectivity index (χ3n) is 1.98. The van der Waals surface area contributed by atoms with Crippen LogP contribution in [0.2, 0.25) is 0 Å². The predicted octanol–water partition coefficient (Wildman–Crippen LogP) is 2.46. The fourth-order valence-electron chi connectivity index (χ4n) is 1.14. The highest BCUT2D eigenvalue weighted by Gasteiger charge is 2.21. The van der Waals surface area contributed by atoms with Crippen LogP contribution in [0.1, 0.15) is 5.56 Å². The minimum atomic E-state index is -2.85. The van der Waals surface area contributed by atoms with Crippen LogP contribution in [0.4, 0.5) is 0 Å². The number of hydrogen-bond acceptors (Lipinski definition) is 6. The molecule has 5 nitrogen and oxygen atoms in total. The van der Waals surface area contributed by atoms with Crippen molar-refractivity contribution in [1.82, 2.24) is 0 Å². The minimum absolute atomic E-state index is 0.262. The molecule has 0 atom stereocenters. The van der Waals surface area contributed by atoms with E-state index in [4.69, 9.17) is 35.4 Å². The van der Waals surface area contributed by atoms with E-state index in [9.17, 15) is 0 Å². The van der Waals surface area contributed by atoms with E-state index in [2.05, 4.69) is 0 Å². The Bertz CT molecular complexity index is 478. The summed E-state index contributed by atoms with van der Waals surface area (Å²) in [6.07, 6.45) is 0. The second kappa shape index (κ2) is 5.99. The van der Waals surface area contributed by atoms with Crippen molar-refractivity contribution in [2.45, 2.75) is 0 Å². The van der Waals surface area contributed by atoms with Gasteiger partial charge in [-0.05, 0) is 12.1 Å². The molecule has 17 heavy (non-hydrogen) atoms. The monoisotopic (exact) mass is 273 g/mol. The number of rotatable bonds is 5. The molecule has 1 rings (SSSR count). The summed E-state index contributed by atoms with van der Waals surface area (Å²) in [7, 11) is 4.27. The van der Waals surface area contributed by atoms with Crippen molar-refractivity contribution < 1.29 is 18.3 Å². The van der Waals surface area contributed by atoms with E-state index in [1.807, 2.05) is 6.07 Å². The van der Waals surface area contributed by atoms with Crippen LogP contribution in [0, 0.1) is 11.3 Å². The van der Waals surface area contributed by atoms with Crippen molar-refractivity contribution >= 4 is 18.5 Å². The first-order valence-corrected chi connectivity index (χ1v) is 7.14. The number of methoxy groups -OCH3 is 1. The van der Waals surface area contributed by atoms with Crippen LogP contribution in [-0.2, 0) is 20.9 Å². The van der Waals surface area contributed by atoms with Gasteiger partial charge in [-0.25, -0.2) is 0 Å². The minimum Gasteiger partial charge on any atom is -0.495 e. The molecule has 7 heteroatoms. The topological polar surface area (TPSA) is 60.7 Å². The zero-order chi connectivity index (χ0) is 12.9. The maximum atomic E-state index is 9.06. The maximum Gasteiger partial charge on any atom is 0.380 e. The van der Waals surface area contributed by atoms with E-state index in [1.165, 1.54) is 21.3 Å². The number of benzene rings is 1. The van der Waals surface area contributed by atoms with Crippen molar-refractivity contribution in [2.75, 3.05) is 21.3 Å². The lowest BCUT2D eigenvalue weighted by molar-refractivity contribution is 0.272. The van der Waals surface area contributed by atoms with Crippen molar-refractivity contribution in [1.29, 1.82) is 5.26 Å². The van der Waals surface area contributed by atoms with Crippen molar-refractivity contribution in [2.24, 2.45) is 0 Å². The van der Waals surface area contributed by atoms with E-state index >= 15 is 0 Å². The summed E-state index contributed by atoms with van der Waals surface area (Å²) in [4.78, 5) is 0. The summed E-state index contributed by atoms with van der Waals surface area (Å²) >= 11 is 5.07. The zero-order valence-electron chi connectivity index (χ0n) is 9.67. The van der Waals surface area contributed by atoms with Gasteiger partial charge in [0.1, 0.15) is 17.4 Å². The Morgan fingerprint density at radius 2 is 1.76 bits per heavy atom. The van der Waals surface area contributed by atoms with Crippen molar-refractivity contribution in [3.8, 4) is 17.6 Å². The third-order valence-corrected chi connectivity index (χ3v) is 4.41. The Morgan fingerprint density at radius 3 is 2.24 bits per heavy atom. The van der Waals surface area contributed by atoms with Gasteiger partial charge in [0.05, 0.1) is 7.11 Å². The Kier molecular flexibility index (Phi) is 4.91. The highest BCUT2D eigenvalue weighted by atomic mass is 32.5. The van der Waals surface area contributed by atoms with Gasteiger partial charge in [0.25, 0.3) is 0 Å². The van der Waals surface area contributed by atoms with Gasteiger partial charge in [0.2, 0.25) is 0 Å². The molecule has 0 spiro atoms. The molecule has 0 aromatic heterocycles. The van der Waals surface area contributed by atoms with E-state index in [1.54, 1.807) is 18.2 Å². The van der Waals surface area contributed by atoms with Gasteiger partial charge in [-0.1, -0.05) is 6.07 Å². The van der Waals surface area contributed by atoms with Crippen LogP contribution in [0.15, 0.2) is 18.2 Å². The Hall–Kier alpha value is -1.12. The highest BCUT2D eigenvalue weighted by molar-refractivity contribution is 8.07. The molecule has 92 valence electrons. The lowest BCUT2D eigenvalue weighted by Gasteiger charge is -2.19.